The first-order valence-electron chi connectivity index (χ1n) is 10.1. The second kappa shape index (κ2) is 7.93. The van der Waals surface area contributed by atoms with Crippen LogP contribution in [0.2, 0.25) is 0 Å². The number of ketones is 1. The molecule has 3 atom stereocenters. The molecule has 2 aliphatic heterocycles. The van der Waals surface area contributed by atoms with E-state index in [9.17, 15) is 9.59 Å². The number of Topliss-reactive ketones (excluding diaryl/α,β-unsaturated/α-hetero) is 1. The molecule has 0 aromatic carbocycles. The van der Waals surface area contributed by atoms with Crippen LogP contribution in [0.4, 0.5) is 0 Å². The van der Waals surface area contributed by atoms with Gasteiger partial charge in [0.15, 0.2) is 17.2 Å². The van der Waals surface area contributed by atoms with Gasteiger partial charge >= 0.3 is 5.97 Å². The third-order valence-corrected chi connectivity index (χ3v) is 5.63. The molecule has 3 rings (SSSR count). The highest BCUT2D eigenvalue weighted by Crippen LogP contribution is 2.53. The van der Waals surface area contributed by atoms with Gasteiger partial charge in [-0.15, -0.1) is 0 Å². The number of hydrogen-bond acceptors (Lipinski definition) is 5. The van der Waals surface area contributed by atoms with Crippen molar-refractivity contribution in [2.45, 2.75) is 83.4 Å². The summed E-state index contributed by atoms with van der Waals surface area (Å²) in [5.41, 5.74) is 0.595. The molecule has 0 bridgehead atoms. The van der Waals surface area contributed by atoms with Crippen LogP contribution in [-0.4, -0.2) is 47.1 Å². The highest BCUT2D eigenvalue weighted by atomic mass is 16.7. The number of epoxide rings is 1. The summed E-state index contributed by atoms with van der Waals surface area (Å²) >= 11 is 0. The SMILES string of the molecule is CCCCCC=CC1=C2COC(C)(C)OC2C2OC2(CC=C(C)C(=O)O)C1=O. The van der Waals surface area contributed by atoms with Crippen molar-refractivity contribution in [3.8, 4) is 0 Å². The van der Waals surface area contributed by atoms with Gasteiger partial charge in [0.1, 0.15) is 12.2 Å². The molecule has 0 radical (unpaired) electrons. The molecule has 2 heterocycles. The van der Waals surface area contributed by atoms with Crippen LogP contribution < -0.4 is 0 Å². The number of fused-ring (bicyclic) bond motifs is 3. The Hall–Kier alpha value is -1.76. The number of unbranched alkanes of at least 4 members (excludes halogenated alkanes) is 3. The molecule has 1 N–H and O–H groups in total. The number of carbonyl (C=O) groups is 2. The average Bonchev–Trinajstić information content (AvgIpc) is 3.38. The normalized spacial score (nSPS) is 31.7. The van der Waals surface area contributed by atoms with E-state index >= 15 is 0 Å². The van der Waals surface area contributed by atoms with E-state index in [0.29, 0.717) is 12.2 Å². The van der Waals surface area contributed by atoms with E-state index in [1.54, 1.807) is 6.08 Å². The first-order valence-corrected chi connectivity index (χ1v) is 10.1. The van der Waals surface area contributed by atoms with E-state index < -0.39 is 23.5 Å². The lowest BCUT2D eigenvalue weighted by atomic mass is 9.78. The lowest BCUT2D eigenvalue weighted by Gasteiger charge is -2.40. The fraction of sp³-hybridized carbons (Fsp3) is 0.636. The second-order valence-electron chi connectivity index (χ2n) is 8.22. The molecule has 154 valence electrons. The molecule has 3 aliphatic rings. The van der Waals surface area contributed by atoms with Gasteiger partial charge in [-0.2, -0.15) is 0 Å². The Morgan fingerprint density at radius 1 is 1.29 bits per heavy atom. The zero-order valence-corrected chi connectivity index (χ0v) is 17.1. The highest BCUT2D eigenvalue weighted by molar-refractivity contribution is 6.08. The van der Waals surface area contributed by atoms with Crippen LogP contribution >= 0.6 is 0 Å². The van der Waals surface area contributed by atoms with Crippen molar-refractivity contribution in [3.05, 3.63) is 34.9 Å². The third kappa shape index (κ3) is 4.00. The van der Waals surface area contributed by atoms with E-state index in [0.717, 1.165) is 31.3 Å². The number of ether oxygens (including phenoxy) is 3. The van der Waals surface area contributed by atoms with Crippen molar-refractivity contribution in [2.24, 2.45) is 0 Å². The number of carboxylic acids is 1. The molecule has 6 heteroatoms. The van der Waals surface area contributed by atoms with E-state index in [1.165, 1.54) is 6.92 Å². The average molecular weight is 390 g/mol. The maximum Gasteiger partial charge on any atom is 0.330 e. The minimum Gasteiger partial charge on any atom is -0.478 e. The molecule has 1 aliphatic carbocycles. The monoisotopic (exact) mass is 390 g/mol. The Labute approximate surface area is 166 Å². The van der Waals surface area contributed by atoms with Gasteiger partial charge in [0, 0.05) is 17.6 Å². The summed E-state index contributed by atoms with van der Waals surface area (Å²) in [7, 11) is 0. The first kappa shape index (κ1) is 21.0. The van der Waals surface area contributed by atoms with Crippen molar-refractivity contribution in [3.63, 3.8) is 0 Å². The number of aliphatic carboxylic acids is 1. The summed E-state index contributed by atoms with van der Waals surface area (Å²) in [5, 5.41) is 9.11. The molecule has 28 heavy (non-hydrogen) atoms. The fourth-order valence-electron chi connectivity index (χ4n) is 3.82. The maximum absolute atomic E-state index is 13.3. The van der Waals surface area contributed by atoms with Crippen LogP contribution in [0.1, 0.15) is 59.8 Å². The van der Waals surface area contributed by atoms with Crippen molar-refractivity contribution >= 4 is 11.8 Å². The van der Waals surface area contributed by atoms with Crippen LogP contribution in [0.15, 0.2) is 34.9 Å². The maximum atomic E-state index is 13.3. The van der Waals surface area contributed by atoms with Crippen LogP contribution in [0.25, 0.3) is 0 Å². The predicted molar refractivity (Wildman–Crippen MR) is 104 cm³/mol. The Kier molecular flexibility index (Phi) is 5.94. The van der Waals surface area contributed by atoms with E-state index in [1.807, 2.05) is 26.0 Å². The Bertz CT molecular complexity index is 744. The molecule has 0 spiro atoms. The van der Waals surface area contributed by atoms with Gasteiger partial charge in [-0.05, 0) is 39.2 Å². The molecule has 0 saturated carbocycles. The summed E-state index contributed by atoms with van der Waals surface area (Å²) < 4.78 is 17.8. The zero-order chi connectivity index (χ0) is 20.5. The van der Waals surface area contributed by atoms with Crippen molar-refractivity contribution in [1.29, 1.82) is 0 Å². The summed E-state index contributed by atoms with van der Waals surface area (Å²) in [6, 6.07) is 0. The summed E-state index contributed by atoms with van der Waals surface area (Å²) in [6.45, 7) is 7.70. The molecular weight excluding hydrogens is 360 g/mol. The lowest BCUT2D eigenvalue weighted by molar-refractivity contribution is -0.255. The van der Waals surface area contributed by atoms with Crippen molar-refractivity contribution in [1.82, 2.24) is 0 Å². The molecular formula is C22H30O6. The zero-order valence-electron chi connectivity index (χ0n) is 17.1. The topological polar surface area (TPSA) is 85.4 Å². The van der Waals surface area contributed by atoms with Gasteiger partial charge in [-0.25, -0.2) is 4.79 Å². The number of carbonyl (C=O) groups excluding carboxylic acids is 1. The van der Waals surface area contributed by atoms with E-state index in [-0.39, 0.29) is 23.9 Å². The van der Waals surface area contributed by atoms with Gasteiger partial charge in [0.2, 0.25) is 0 Å². The number of rotatable bonds is 8. The second-order valence-corrected chi connectivity index (χ2v) is 8.22. The Balaban J connectivity index is 1.88. The first-order chi connectivity index (χ1) is 13.2. The highest BCUT2D eigenvalue weighted by Gasteiger charge is 2.69. The van der Waals surface area contributed by atoms with Gasteiger partial charge < -0.3 is 19.3 Å². The van der Waals surface area contributed by atoms with Crippen LogP contribution in [0.3, 0.4) is 0 Å². The molecule has 6 nitrogen and oxygen atoms in total. The van der Waals surface area contributed by atoms with Gasteiger partial charge in [-0.3, -0.25) is 4.79 Å². The molecule has 3 unspecified atom stereocenters. The number of carboxylic acid groups (broad SMARTS) is 1. The predicted octanol–water partition coefficient (Wildman–Crippen LogP) is 3.71. The Morgan fingerprint density at radius 2 is 2.04 bits per heavy atom. The van der Waals surface area contributed by atoms with Crippen molar-refractivity contribution in [2.75, 3.05) is 6.61 Å². The van der Waals surface area contributed by atoms with Crippen LogP contribution in [0, 0.1) is 0 Å². The van der Waals surface area contributed by atoms with Crippen molar-refractivity contribution < 1.29 is 28.9 Å². The van der Waals surface area contributed by atoms with Crippen LogP contribution in [-0.2, 0) is 23.8 Å². The minimum atomic E-state index is -1.03. The number of allylic oxidation sites excluding steroid dienone is 2. The Morgan fingerprint density at radius 3 is 2.71 bits per heavy atom. The quantitative estimate of drug-likeness (QED) is 0.386. The van der Waals surface area contributed by atoms with E-state index in [2.05, 4.69) is 6.92 Å². The minimum absolute atomic E-state index is 0.100. The van der Waals surface area contributed by atoms with Gasteiger partial charge in [-0.1, -0.05) is 38.0 Å². The molecule has 2 fully saturated rings. The van der Waals surface area contributed by atoms with Crippen LogP contribution in [0.5, 0.6) is 0 Å². The van der Waals surface area contributed by atoms with Gasteiger partial charge in [0.05, 0.1) is 6.61 Å². The standard InChI is InChI=1S/C22H30O6/c1-5-6-7-8-9-10-15-16-13-26-21(3,4)27-17(16)19-22(28-19,18(15)23)12-11-14(2)20(24)25/h9-11,17,19H,5-8,12-13H2,1-4H3,(H,24,25). The molecule has 0 aromatic heterocycles. The summed E-state index contributed by atoms with van der Waals surface area (Å²) in [4.78, 5) is 24.4. The fourth-order valence-corrected chi connectivity index (χ4v) is 3.82. The van der Waals surface area contributed by atoms with E-state index in [4.69, 9.17) is 19.3 Å². The summed E-state index contributed by atoms with van der Waals surface area (Å²) in [6.07, 6.45) is 9.25. The molecule has 0 amide bonds. The molecule has 0 aromatic rings. The smallest absolute Gasteiger partial charge is 0.330 e. The third-order valence-electron chi connectivity index (χ3n) is 5.63. The molecule has 2 saturated heterocycles. The van der Waals surface area contributed by atoms with Gasteiger partial charge in [0.25, 0.3) is 0 Å². The lowest BCUT2D eigenvalue weighted by Crippen LogP contribution is -2.50. The summed E-state index contributed by atoms with van der Waals surface area (Å²) in [5.74, 6) is -1.85. The number of hydrogen-bond donors (Lipinski definition) is 1. The largest absolute Gasteiger partial charge is 0.478 e.